The Balaban J connectivity index is 1.76. The summed E-state index contributed by atoms with van der Waals surface area (Å²) in [6.07, 6.45) is 2.84. The van der Waals surface area contributed by atoms with Crippen molar-refractivity contribution in [2.75, 3.05) is 0 Å². The molecule has 0 aliphatic heterocycles. The molecule has 0 aliphatic carbocycles. The highest BCUT2D eigenvalue weighted by molar-refractivity contribution is 9.10. The molecule has 8 heteroatoms. The fourth-order valence-corrected chi connectivity index (χ4v) is 2.58. The molecule has 0 spiro atoms. The average molecular weight is 454 g/mol. The lowest BCUT2D eigenvalue weighted by atomic mass is 10.2. The topological polar surface area (TPSA) is 100 Å². The van der Waals surface area contributed by atoms with Gasteiger partial charge in [-0.1, -0.05) is 46.3 Å². The molecule has 29 heavy (non-hydrogen) atoms. The molecule has 0 saturated carbocycles. The first-order valence-corrected chi connectivity index (χ1v) is 9.30. The third-order valence-electron chi connectivity index (χ3n) is 3.74. The normalized spacial score (nSPS) is 10.9. The van der Waals surface area contributed by atoms with Crippen LogP contribution in [0.4, 0.5) is 0 Å². The molecule has 2 aromatic carbocycles. The van der Waals surface area contributed by atoms with Gasteiger partial charge < -0.3 is 9.73 Å². The first-order chi connectivity index (χ1) is 14.0. The van der Waals surface area contributed by atoms with Crippen LogP contribution in [0.15, 0.2) is 87.6 Å². The number of benzene rings is 2. The smallest absolute Gasteiger partial charge is 0.291 e. The van der Waals surface area contributed by atoms with Gasteiger partial charge in [-0.2, -0.15) is 0 Å². The molecule has 3 rings (SSSR count). The highest BCUT2D eigenvalue weighted by Crippen LogP contribution is 2.13. The maximum Gasteiger partial charge on any atom is 0.291 e. The van der Waals surface area contributed by atoms with Crippen molar-refractivity contribution in [1.29, 1.82) is 0 Å². The fourth-order valence-electron chi connectivity index (χ4n) is 2.32. The van der Waals surface area contributed by atoms with Gasteiger partial charge in [0.25, 0.3) is 17.7 Å². The summed E-state index contributed by atoms with van der Waals surface area (Å²) >= 11 is 3.34. The molecule has 3 aromatic rings. The summed E-state index contributed by atoms with van der Waals surface area (Å²) in [4.78, 5) is 37.0. The Morgan fingerprint density at radius 1 is 0.828 bits per heavy atom. The number of rotatable bonds is 5. The Morgan fingerprint density at radius 3 is 2.21 bits per heavy atom. The van der Waals surface area contributed by atoms with Crippen LogP contribution in [0.3, 0.4) is 0 Å². The maximum absolute atomic E-state index is 12.6. The van der Waals surface area contributed by atoms with E-state index in [0.717, 1.165) is 4.47 Å². The first kappa shape index (κ1) is 20.1. The Morgan fingerprint density at radius 2 is 1.55 bits per heavy atom. The zero-order valence-electron chi connectivity index (χ0n) is 15.0. The van der Waals surface area contributed by atoms with Crippen molar-refractivity contribution in [3.63, 3.8) is 0 Å². The van der Waals surface area contributed by atoms with E-state index < -0.39 is 17.7 Å². The molecule has 0 atom stereocenters. The van der Waals surface area contributed by atoms with Gasteiger partial charge in [0.2, 0.25) is 0 Å². The highest BCUT2D eigenvalue weighted by Gasteiger charge is 2.17. The van der Waals surface area contributed by atoms with Crippen molar-refractivity contribution in [1.82, 2.24) is 16.2 Å². The van der Waals surface area contributed by atoms with Crippen molar-refractivity contribution in [2.24, 2.45) is 0 Å². The van der Waals surface area contributed by atoms with Crippen molar-refractivity contribution in [2.45, 2.75) is 0 Å². The molecular formula is C21H16BrN3O4. The van der Waals surface area contributed by atoms with Gasteiger partial charge >= 0.3 is 0 Å². The molecule has 1 aromatic heterocycles. The van der Waals surface area contributed by atoms with Gasteiger partial charge in [-0.05, 0) is 48.0 Å². The number of halogens is 1. The monoisotopic (exact) mass is 453 g/mol. The molecule has 0 bridgehead atoms. The van der Waals surface area contributed by atoms with E-state index in [2.05, 4.69) is 32.1 Å². The summed E-state index contributed by atoms with van der Waals surface area (Å²) in [6.45, 7) is 0. The molecule has 7 nitrogen and oxygen atoms in total. The number of hydrogen-bond acceptors (Lipinski definition) is 4. The molecule has 1 heterocycles. The Bertz CT molecular complexity index is 1030. The lowest BCUT2D eigenvalue weighted by Crippen LogP contribution is -2.45. The van der Waals surface area contributed by atoms with Crippen molar-refractivity contribution >= 4 is 39.7 Å². The Labute approximate surface area is 174 Å². The van der Waals surface area contributed by atoms with Gasteiger partial charge in [0, 0.05) is 10.0 Å². The predicted molar refractivity (Wildman–Crippen MR) is 110 cm³/mol. The van der Waals surface area contributed by atoms with Crippen LogP contribution in [0.25, 0.3) is 6.08 Å². The van der Waals surface area contributed by atoms with Crippen molar-refractivity contribution < 1.29 is 18.8 Å². The van der Waals surface area contributed by atoms with Crippen LogP contribution in [0.5, 0.6) is 0 Å². The number of carbonyl (C=O) groups is 3. The molecule has 0 saturated heterocycles. The number of hydrogen-bond donors (Lipinski definition) is 3. The Kier molecular flexibility index (Phi) is 6.59. The third-order valence-corrected chi connectivity index (χ3v) is 4.27. The van der Waals surface area contributed by atoms with Crippen LogP contribution in [0, 0.1) is 0 Å². The predicted octanol–water partition coefficient (Wildman–Crippen LogP) is 3.27. The van der Waals surface area contributed by atoms with Gasteiger partial charge in [0.15, 0.2) is 5.76 Å². The van der Waals surface area contributed by atoms with E-state index in [1.165, 1.54) is 18.4 Å². The van der Waals surface area contributed by atoms with Gasteiger partial charge in [-0.25, -0.2) is 0 Å². The molecule has 0 fully saturated rings. The number of hydrazine groups is 1. The van der Waals surface area contributed by atoms with Gasteiger partial charge in [-0.15, -0.1) is 0 Å². The number of amides is 3. The van der Waals surface area contributed by atoms with E-state index >= 15 is 0 Å². The Hall–Kier alpha value is -3.65. The summed E-state index contributed by atoms with van der Waals surface area (Å²) in [6, 6.07) is 18.6. The van der Waals surface area contributed by atoms with Crippen LogP contribution in [0.2, 0.25) is 0 Å². The minimum atomic E-state index is -0.697. The minimum absolute atomic E-state index is 0.0489. The number of nitrogens with one attached hydrogen (secondary N) is 3. The molecular weight excluding hydrogens is 438 g/mol. The van der Waals surface area contributed by atoms with E-state index in [4.69, 9.17) is 4.42 Å². The molecule has 3 N–H and O–H groups in total. The largest absolute Gasteiger partial charge is 0.459 e. The van der Waals surface area contributed by atoms with Crippen LogP contribution >= 0.6 is 15.9 Å². The summed E-state index contributed by atoms with van der Waals surface area (Å²) in [5.41, 5.74) is 5.61. The molecule has 0 aliphatic rings. The van der Waals surface area contributed by atoms with Crippen LogP contribution in [-0.4, -0.2) is 17.7 Å². The SMILES string of the molecule is O=C(NNC(=O)c1ccccc1)C(=Cc1ccc(Br)cc1)NC(=O)c1ccco1. The van der Waals surface area contributed by atoms with Crippen molar-refractivity contribution in [3.8, 4) is 0 Å². The van der Waals surface area contributed by atoms with E-state index in [9.17, 15) is 14.4 Å². The zero-order valence-corrected chi connectivity index (χ0v) is 16.6. The maximum atomic E-state index is 12.6. The fraction of sp³-hybridized carbons (Fsp3) is 0. The summed E-state index contributed by atoms with van der Waals surface area (Å²) in [7, 11) is 0. The standard InChI is InChI=1S/C21H16BrN3O4/c22-16-10-8-14(9-11-16)13-17(23-21(28)18-7-4-12-29-18)20(27)25-24-19(26)15-5-2-1-3-6-15/h1-13H,(H,23,28)(H,24,26)(H,25,27). The molecule has 146 valence electrons. The second kappa shape index (κ2) is 9.52. The van der Waals surface area contributed by atoms with E-state index in [1.807, 2.05) is 0 Å². The van der Waals surface area contributed by atoms with Crippen LogP contribution in [0.1, 0.15) is 26.5 Å². The zero-order chi connectivity index (χ0) is 20.6. The molecule has 0 radical (unpaired) electrons. The highest BCUT2D eigenvalue weighted by atomic mass is 79.9. The number of carbonyl (C=O) groups excluding carboxylic acids is 3. The lowest BCUT2D eigenvalue weighted by Gasteiger charge is -2.11. The van der Waals surface area contributed by atoms with Gasteiger partial charge in [0.05, 0.1) is 6.26 Å². The first-order valence-electron chi connectivity index (χ1n) is 8.51. The van der Waals surface area contributed by atoms with Gasteiger partial charge in [-0.3, -0.25) is 25.2 Å². The second-order valence-electron chi connectivity index (χ2n) is 5.82. The summed E-state index contributed by atoms with van der Waals surface area (Å²) in [5, 5.41) is 2.50. The minimum Gasteiger partial charge on any atom is -0.459 e. The van der Waals surface area contributed by atoms with Gasteiger partial charge in [0.1, 0.15) is 5.70 Å². The van der Waals surface area contributed by atoms with E-state index in [-0.39, 0.29) is 11.5 Å². The second-order valence-corrected chi connectivity index (χ2v) is 6.73. The quantitative estimate of drug-likeness (QED) is 0.407. The molecule has 0 unspecified atom stereocenters. The van der Waals surface area contributed by atoms with Crippen molar-refractivity contribution in [3.05, 3.63) is 100 Å². The summed E-state index contributed by atoms with van der Waals surface area (Å²) < 4.78 is 5.92. The van der Waals surface area contributed by atoms with E-state index in [1.54, 1.807) is 60.7 Å². The van der Waals surface area contributed by atoms with Crippen LogP contribution in [-0.2, 0) is 4.79 Å². The van der Waals surface area contributed by atoms with Crippen LogP contribution < -0.4 is 16.2 Å². The van der Waals surface area contributed by atoms with E-state index in [0.29, 0.717) is 11.1 Å². The molecule has 3 amide bonds. The average Bonchev–Trinajstić information content (AvgIpc) is 3.28. The summed E-state index contributed by atoms with van der Waals surface area (Å²) in [5.74, 6) is -1.73. The number of furan rings is 1. The lowest BCUT2D eigenvalue weighted by molar-refractivity contribution is -0.118. The third kappa shape index (κ3) is 5.66.